The van der Waals surface area contributed by atoms with Crippen LogP contribution >= 0.6 is 11.8 Å². The summed E-state index contributed by atoms with van der Waals surface area (Å²) in [4.78, 5) is 27.3. The van der Waals surface area contributed by atoms with Crippen LogP contribution < -0.4 is 10.2 Å². The SMILES string of the molecule is CSc1ccc(N2CC(C(=O)NCCCOC(C)C)CC2=O)cc1. The first-order chi connectivity index (χ1) is 11.5. The molecule has 1 N–H and O–H groups in total. The van der Waals surface area contributed by atoms with Crippen molar-refractivity contribution in [3.63, 3.8) is 0 Å². The molecule has 2 rings (SSSR count). The number of hydrogen-bond acceptors (Lipinski definition) is 4. The first kappa shape index (κ1) is 18.8. The molecule has 0 aromatic heterocycles. The van der Waals surface area contributed by atoms with Crippen molar-refractivity contribution in [2.45, 2.75) is 37.7 Å². The highest BCUT2D eigenvalue weighted by atomic mass is 32.2. The van der Waals surface area contributed by atoms with Crippen LogP contribution in [0.25, 0.3) is 0 Å². The van der Waals surface area contributed by atoms with E-state index in [1.807, 2.05) is 44.4 Å². The number of hydrogen-bond donors (Lipinski definition) is 1. The maximum atomic E-state index is 12.2. The molecule has 2 amide bonds. The largest absolute Gasteiger partial charge is 0.379 e. The van der Waals surface area contributed by atoms with Crippen molar-refractivity contribution in [2.75, 3.05) is 30.9 Å². The summed E-state index contributed by atoms with van der Waals surface area (Å²) in [6, 6.07) is 7.87. The molecule has 1 aliphatic rings. The molecule has 0 bridgehead atoms. The summed E-state index contributed by atoms with van der Waals surface area (Å²) in [6.45, 7) is 5.64. The molecule has 1 aromatic rings. The van der Waals surface area contributed by atoms with Crippen LogP contribution in [0.1, 0.15) is 26.7 Å². The zero-order valence-corrected chi connectivity index (χ0v) is 15.4. The van der Waals surface area contributed by atoms with Crippen LogP contribution in [0.15, 0.2) is 29.2 Å². The van der Waals surface area contributed by atoms with Crippen molar-refractivity contribution < 1.29 is 14.3 Å². The van der Waals surface area contributed by atoms with E-state index in [0.29, 0.717) is 19.7 Å². The van der Waals surface area contributed by atoms with E-state index in [-0.39, 0.29) is 30.3 Å². The van der Waals surface area contributed by atoms with Crippen LogP contribution in [0.4, 0.5) is 5.69 Å². The molecule has 0 radical (unpaired) electrons. The van der Waals surface area contributed by atoms with Crippen molar-refractivity contribution in [1.82, 2.24) is 5.32 Å². The summed E-state index contributed by atoms with van der Waals surface area (Å²) in [5, 5.41) is 2.91. The molecule has 1 saturated heterocycles. The normalized spacial score (nSPS) is 17.6. The van der Waals surface area contributed by atoms with Gasteiger partial charge in [-0.05, 0) is 50.8 Å². The minimum Gasteiger partial charge on any atom is -0.379 e. The fourth-order valence-electron chi connectivity index (χ4n) is 2.64. The highest BCUT2D eigenvalue weighted by Crippen LogP contribution is 2.27. The molecule has 1 atom stereocenters. The van der Waals surface area contributed by atoms with Gasteiger partial charge in [0.05, 0.1) is 12.0 Å². The van der Waals surface area contributed by atoms with Gasteiger partial charge in [-0.1, -0.05) is 0 Å². The maximum Gasteiger partial charge on any atom is 0.227 e. The van der Waals surface area contributed by atoms with Crippen molar-refractivity contribution >= 4 is 29.3 Å². The lowest BCUT2D eigenvalue weighted by Gasteiger charge is -2.17. The number of nitrogens with zero attached hydrogens (tertiary/aromatic N) is 1. The molecule has 132 valence electrons. The van der Waals surface area contributed by atoms with Crippen LogP contribution in [0, 0.1) is 5.92 Å². The van der Waals surface area contributed by atoms with Crippen LogP contribution in [0.5, 0.6) is 0 Å². The molecule has 5 nitrogen and oxygen atoms in total. The van der Waals surface area contributed by atoms with Crippen LogP contribution in [0.2, 0.25) is 0 Å². The molecule has 1 heterocycles. The van der Waals surface area contributed by atoms with Gasteiger partial charge in [-0.25, -0.2) is 0 Å². The Kier molecular flexibility index (Phi) is 7.12. The third-order valence-corrected chi connectivity index (χ3v) is 4.70. The number of anilines is 1. The van der Waals surface area contributed by atoms with Gasteiger partial charge in [-0.15, -0.1) is 11.8 Å². The Morgan fingerprint density at radius 2 is 2.08 bits per heavy atom. The Labute approximate surface area is 148 Å². The van der Waals surface area contributed by atoms with E-state index in [1.165, 1.54) is 0 Å². The lowest BCUT2D eigenvalue weighted by molar-refractivity contribution is -0.126. The number of thioether (sulfide) groups is 1. The Morgan fingerprint density at radius 3 is 2.71 bits per heavy atom. The Hall–Kier alpha value is -1.53. The minimum absolute atomic E-state index is 0.00944. The zero-order chi connectivity index (χ0) is 17.5. The molecule has 0 aliphatic carbocycles. The summed E-state index contributed by atoms with van der Waals surface area (Å²) in [7, 11) is 0. The van der Waals surface area contributed by atoms with Gasteiger partial charge in [0.1, 0.15) is 0 Å². The van der Waals surface area contributed by atoms with Gasteiger partial charge in [-0.2, -0.15) is 0 Å². The first-order valence-electron chi connectivity index (χ1n) is 8.35. The van der Waals surface area contributed by atoms with Gasteiger partial charge in [0.15, 0.2) is 0 Å². The summed E-state index contributed by atoms with van der Waals surface area (Å²) in [6.07, 6.45) is 3.28. The first-order valence-corrected chi connectivity index (χ1v) is 9.57. The number of benzene rings is 1. The quantitative estimate of drug-likeness (QED) is 0.578. The molecule has 1 aromatic carbocycles. The lowest BCUT2D eigenvalue weighted by atomic mass is 10.1. The average molecular weight is 350 g/mol. The van der Waals surface area contributed by atoms with E-state index in [0.717, 1.165) is 17.0 Å². The van der Waals surface area contributed by atoms with E-state index < -0.39 is 0 Å². The number of ether oxygens (including phenoxy) is 1. The lowest BCUT2D eigenvalue weighted by Crippen LogP contribution is -2.34. The van der Waals surface area contributed by atoms with Gasteiger partial charge < -0.3 is 15.0 Å². The second-order valence-electron chi connectivity index (χ2n) is 6.17. The minimum atomic E-state index is -0.274. The van der Waals surface area contributed by atoms with E-state index in [9.17, 15) is 9.59 Å². The van der Waals surface area contributed by atoms with Crippen molar-refractivity contribution in [3.05, 3.63) is 24.3 Å². The van der Waals surface area contributed by atoms with Crippen LogP contribution in [-0.2, 0) is 14.3 Å². The highest BCUT2D eigenvalue weighted by molar-refractivity contribution is 7.98. The number of carbonyl (C=O) groups is 2. The standard InChI is InChI=1S/C18H26N2O3S/c1-13(2)23-10-4-9-19-18(22)14-11-17(21)20(12-14)15-5-7-16(24-3)8-6-15/h5-8,13-14H,4,9-12H2,1-3H3,(H,19,22). The number of carbonyl (C=O) groups excluding carboxylic acids is 2. The van der Waals surface area contributed by atoms with Gasteiger partial charge in [0.25, 0.3) is 0 Å². The van der Waals surface area contributed by atoms with Crippen molar-refractivity contribution in [1.29, 1.82) is 0 Å². The monoisotopic (exact) mass is 350 g/mol. The second-order valence-corrected chi connectivity index (χ2v) is 7.05. The molecule has 0 saturated carbocycles. The van der Waals surface area contributed by atoms with Gasteiger partial charge in [-0.3, -0.25) is 9.59 Å². The van der Waals surface area contributed by atoms with E-state index in [2.05, 4.69) is 5.32 Å². The Bertz CT molecular complexity index is 560. The summed E-state index contributed by atoms with van der Waals surface area (Å²) in [5.74, 6) is -0.310. The third-order valence-electron chi connectivity index (χ3n) is 3.95. The Morgan fingerprint density at radius 1 is 1.38 bits per heavy atom. The average Bonchev–Trinajstić information content (AvgIpc) is 2.96. The fourth-order valence-corrected chi connectivity index (χ4v) is 3.05. The fraction of sp³-hybridized carbons (Fsp3) is 0.556. The number of nitrogens with one attached hydrogen (secondary N) is 1. The Balaban J connectivity index is 1.81. The van der Waals surface area contributed by atoms with Crippen molar-refractivity contribution in [2.24, 2.45) is 5.92 Å². The molecule has 1 fully saturated rings. The summed E-state index contributed by atoms with van der Waals surface area (Å²) >= 11 is 1.66. The predicted octanol–water partition coefficient (Wildman–Crippen LogP) is 2.69. The van der Waals surface area contributed by atoms with Gasteiger partial charge in [0.2, 0.25) is 11.8 Å². The second kappa shape index (κ2) is 9.08. The van der Waals surface area contributed by atoms with Crippen LogP contribution in [-0.4, -0.2) is 43.9 Å². The molecular formula is C18H26N2O3S. The van der Waals surface area contributed by atoms with E-state index in [4.69, 9.17) is 4.74 Å². The molecule has 1 unspecified atom stereocenters. The maximum absolute atomic E-state index is 12.2. The molecule has 0 spiro atoms. The molecule has 6 heteroatoms. The topological polar surface area (TPSA) is 58.6 Å². The van der Waals surface area contributed by atoms with E-state index >= 15 is 0 Å². The number of rotatable bonds is 8. The highest BCUT2D eigenvalue weighted by Gasteiger charge is 2.34. The zero-order valence-electron chi connectivity index (χ0n) is 14.6. The number of amides is 2. The summed E-state index contributed by atoms with van der Waals surface area (Å²) < 4.78 is 5.44. The smallest absolute Gasteiger partial charge is 0.227 e. The predicted molar refractivity (Wildman–Crippen MR) is 97.4 cm³/mol. The van der Waals surface area contributed by atoms with Gasteiger partial charge >= 0.3 is 0 Å². The van der Waals surface area contributed by atoms with E-state index in [1.54, 1.807) is 16.7 Å². The van der Waals surface area contributed by atoms with Crippen LogP contribution in [0.3, 0.4) is 0 Å². The summed E-state index contributed by atoms with van der Waals surface area (Å²) in [5.41, 5.74) is 0.860. The third kappa shape index (κ3) is 5.24. The molecule has 24 heavy (non-hydrogen) atoms. The molecule has 1 aliphatic heterocycles. The van der Waals surface area contributed by atoms with Gasteiger partial charge in [0, 0.05) is 36.7 Å². The molecular weight excluding hydrogens is 324 g/mol. The van der Waals surface area contributed by atoms with Crippen molar-refractivity contribution in [3.8, 4) is 0 Å².